The molecule has 0 aliphatic rings. The molecule has 0 spiro atoms. The molecule has 4 aromatic rings. The zero-order valence-corrected chi connectivity index (χ0v) is 19.3. The maximum atomic E-state index is 13.3. The van der Waals surface area contributed by atoms with Gasteiger partial charge in [0.15, 0.2) is 10.9 Å². The predicted octanol–water partition coefficient (Wildman–Crippen LogP) is 5.62. The Morgan fingerprint density at radius 2 is 1.97 bits per heavy atom. The summed E-state index contributed by atoms with van der Waals surface area (Å²) in [4.78, 5) is 34.2. The summed E-state index contributed by atoms with van der Waals surface area (Å²) < 4.78 is 6.49. The Balaban J connectivity index is 1.73. The topological polar surface area (TPSA) is 74.1 Å². The number of thiazole rings is 1. The molecular formula is C21H15Cl2N3O3S2. The first kappa shape index (κ1) is 21.8. The van der Waals surface area contributed by atoms with Crippen LogP contribution in [-0.4, -0.2) is 27.1 Å². The maximum absolute atomic E-state index is 13.3. The fourth-order valence-electron chi connectivity index (χ4n) is 2.86. The van der Waals surface area contributed by atoms with E-state index in [2.05, 4.69) is 9.97 Å². The summed E-state index contributed by atoms with van der Waals surface area (Å²) in [5.41, 5.74) is 1.22. The van der Waals surface area contributed by atoms with Crippen LogP contribution in [0.15, 0.2) is 57.8 Å². The SMILES string of the molecule is CCOC(=O)c1csc(CSc2nc3ccccc3c(=O)n2-c2ccc(Cl)c(Cl)c2)n1. The van der Waals surface area contributed by atoms with Gasteiger partial charge in [-0.3, -0.25) is 9.36 Å². The Morgan fingerprint density at radius 1 is 1.16 bits per heavy atom. The Kier molecular flexibility index (Phi) is 6.62. The molecule has 0 unspecified atom stereocenters. The maximum Gasteiger partial charge on any atom is 0.357 e. The normalized spacial score (nSPS) is 11.1. The molecule has 0 atom stereocenters. The van der Waals surface area contributed by atoms with Gasteiger partial charge in [0.05, 0.1) is 39.0 Å². The lowest BCUT2D eigenvalue weighted by molar-refractivity contribution is 0.0520. The van der Waals surface area contributed by atoms with Gasteiger partial charge in [0.1, 0.15) is 5.01 Å². The van der Waals surface area contributed by atoms with E-state index in [4.69, 9.17) is 27.9 Å². The minimum Gasteiger partial charge on any atom is -0.461 e. The number of esters is 1. The lowest BCUT2D eigenvalue weighted by Crippen LogP contribution is -2.21. The molecule has 2 aromatic carbocycles. The molecule has 6 nitrogen and oxygen atoms in total. The van der Waals surface area contributed by atoms with E-state index in [1.165, 1.54) is 27.7 Å². The van der Waals surface area contributed by atoms with Gasteiger partial charge in [-0.05, 0) is 37.3 Å². The number of carbonyl (C=O) groups is 1. The van der Waals surface area contributed by atoms with Crippen LogP contribution in [0.25, 0.3) is 16.6 Å². The van der Waals surface area contributed by atoms with Gasteiger partial charge in [0.25, 0.3) is 5.56 Å². The van der Waals surface area contributed by atoms with E-state index in [1.807, 2.05) is 6.07 Å². The molecular weight excluding hydrogens is 477 g/mol. The quantitative estimate of drug-likeness (QED) is 0.198. The first-order valence-corrected chi connectivity index (χ1v) is 11.8. The van der Waals surface area contributed by atoms with Crippen molar-refractivity contribution in [2.24, 2.45) is 0 Å². The number of fused-ring (bicyclic) bond motifs is 1. The molecule has 2 aromatic heterocycles. The number of aromatic nitrogens is 3. The molecule has 0 N–H and O–H groups in total. The van der Waals surface area contributed by atoms with E-state index < -0.39 is 5.97 Å². The van der Waals surface area contributed by atoms with E-state index in [0.29, 0.717) is 37.5 Å². The van der Waals surface area contributed by atoms with Crippen molar-refractivity contribution in [2.45, 2.75) is 17.8 Å². The van der Waals surface area contributed by atoms with Gasteiger partial charge in [-0.2, -0.15) is 0 Å². The molecule has 31 heavy (non-hydrogen) atoms. The van der Waals surface area contributed by atoms with Gasteiger partial charge in [-0.1, -0.05) is 47.1 Å². The Morgan fingerprint density at radius 3 is 2.74 bits per heavy atom. The average Bonchev–Trinajstić information content (AvgIpc) is 3.24. The van der Waals surface area contributed by atoms with E-state index in [9.17, 15) is 9.59 Å². The van der Waals surface area contributed by atoms with E-state index >= 15 is 0 Å². The standard InChI is InChI=1S/C21H15Cl2N3O3S2/c1-2-29-20(28)17-10-30-18(24-17)11-31-21-25-16-6-4-3-5-13(16)19(27)26(21)12-7-8-14(22)15(23)9-12/h3-10H,2,11H2,1H3. The minimum absolute atomic E-state index is 0.210. The summed E-state index contributed by atoms with van der Waals surface area (Å²) in [7, 11) is 0. The highest BCUT2D eigenvalue weighted by Gasteiger charge is 2.16. The second kappa shape index (κ2) is 9.40. The second-order valence-electron chi connectivity index (χ2n) is 6.29. The Hall–Kier alpha value is -2.39. The molecule has 2 heterocycles. The van der Waals surface area contributed by atoms with Crippen LogP contribution in [0.4, 0.5) is 0 Å². The largest absolute Gasteiger partial charge is 0.461 e. The fraction of sp³-hybridized carbons (Fsp3) is 0.143. The number of ether oxygens (including phenoxy) is 1. The summed E-state index contributed by atoms with van der Waals surface area (Å²) in [5.74, 6) is -0.0255. The smallest absolute Gasteiger partial charge is 0.357 e. The third-order valence-electron chi connectivity index (χ3n) is 4.27. The number of para-hydroxylation sites is 1. The summed E-state index contributed by atoms with van der Waals surface area (Å²) >= 11 is 14.9. The van der Waals surface area contributed by atoms with Gasteiger partial charge < -0.3 is 4.74 Å². The summed E-state index contributed by atoms with van der Waals surface area (Å²) in [6.45, 7) is 2.03. The van der Waals surface area contributed by atoms with Crippen LogP contribution in [0.1, 0.15) is 22.4 Å². The van der Waals surface area contributed by atoms with Crippen molar-refractivity contribution >= 4 is 63.2 Å². The van der Waals surface area contributed by atoms with Crippen molar-refractivity contribution in [2.75, 3.05) is 6.61 Å². The van der Waals surface area contributed by atoms with Crippen molar-refractivity contribution in [1.29, 1.82) is 0 Å². The molecule has 0 saturated heterocycles. The average molecular weight is 492 g/mol. The molecule has 0 radical (unpaired) electrons. The van der Waals surface area contributed by atoms with Crippen LogP contribution in [0.2, 0.25) is 10.0 Å². The van der Waals surface area contributed by atoms with E-state index in [-0.39, 0.29) is 17.9 Å². The number of benzene rings is 2. The molecule has 0 bridgehead atoms. The third kappa shape index (κ3) is 4.62. The third-order valence-corrected chi connectivity index (χ3v) is 6.99. The van der Waals surface area contributed by atoms with E-state index in [1.54, 1.807) is 48.7 Å². The molecule has 158 valence electrons. The molecule has 4 rings (SSSR count). The number of carbonyl (C=O) groups excluding carboxylic acids is 1. The van der Waals surface area contributed by atoms with Crippen molar-refractivity contribution in [3.63, 3.8) is 0 Å². The molecule has 0 aliphatic carbocycles. The van der Waals surface area contributed by atoms with E-state index in [0.717, 1.165) is 5.01 Å². The van der Waals surface area contributed by atoms with Gasteiger partial charge in [-0.25, -0.2) is 14.8 Å². The van der Waals surface area contributed by atoms with Crippen molar-refractivity contribution < 1.29 is 9.53 Å². The number of nitrogens with zero attached hydrogens (tertiary/aromatic N) is 3. The number of halogens is 2. The lowest BCUT2D eigenvalue weighted by Gasteiger charge is -2.13. The Bertz CT molecular complexity index is 1340. The summed E-state index contributed by atoms with van der Waals surface area (Å²) in [6, 6.07) is 12.2. The van der Waals surface area contributed by atoms with Gasteiger partial charge in [-0.15, -0.1) is 11.3 Å². The number of hydrogen-bond donors (Lipinski definition) is 0. The summed E-state index contributed by atoms with van der Waals surface area (Å²) in [6.07, 6.45) is 0. The first-order valence-electron chi connectivity index (χ1n) is 9.19. The molecule has 0 fully saturated rings. The van der Waals surface area contributed by atoms with Crippen LogP contribution in [-0.2, 0) is 10.5 Å². The number of thioether (sulfide) groups is 1. The van der Waals surface area contributed by atoms with Crippen molar-refractivity contribution in [3.05, 3.63) is 78.9 Å². The lowest BCUT2D eigenvalue weighted by atomic mass is 10.2. The highest BCUT2D eigenvalue weighted by molar-refractivity contribution is 7.98. The molecule has 0 aliphatic heterocycles. The number of hydrogen-bond acceptors (Lipinski definition) is 7. The highest BCUT2D eigenvalue weighted by Crippen LogP contribution is 2.29. The highest BCUT2D eigenvalue weighted by atomic mass is 35.5. The van der Waals surface area contributed by atoms with Crippen LogP contribution < -0.4 is 5.56 Å². The molecule has 10 heteroatoms. The van der Waals surface area contributed by atoms with Crippen molar-refractivity contribution in [3.8, 4) is 5.69 Å². The van der Waals surface area contributed by atoms with Gasteiger partial charge in [0, 0.05) is 5.38 Å². The minimum atomic E-state index is -0.452. The number of rotatable bonds is 6. The van der Waals surface area contributed by atoms with Gasteiger partial charge in [0.2, 0.25) is 0 Å². The zero-order chi connectivity index (χ0) is 22.0. The predicted molar refractivity (Wildman–Crippen MR) is 125 cm³/mol. The van der Waals surface area contributed by atoms with Crippen LogP contribution in [0, 0.1) is 0 Å². The second-order valence-corrected chi connectivity index (χ2v) is 8.99. The first-order chi connectivity index (χ1) is 15.0. The fourth-order valence-corrected chi connectivity index (χ4v) is 4.95. The van der Waals surface area contributed by atoms with Crippen LogP contribution >= 0.6 is 46.3 Å². The van der Waals surface area contributed by atoms with Crippen LogP contribution in [0.5, 0.6) is 0 Å². The molecule has 0 saturated carbocycles. The summed E-state index contributed by atoms with van der Waals surface area (Å²) in [5, 5.41) is 4.10. The van der Waals surface area contributed by atoms with Crippen molar-refractivity contribution in [1.82, 2.24) is 14.5 Å². The Labute approximate surface area is 195 Å². The van der Waals surface area contributed by atoms with Crippen LogP contribution in [0.3, 0.4) is 0 Å². The molecule has 0 amide bonds. The monoisotopic (exact) mass is 491 g/mol. The zero-order valence-electron chi connectivity index (χ0n) is 16.2. The van der Waals surface area contributed by atoms with Gasteiger partial charge >= 0.3 is 5.97 Å².